The van der Waals surface area contributed by atoms with Crippen molar-refractivity contribution in [1.82, 2.24) is 4.31 Å². The molecule has 0 bridgehead atoms. The van der Waals surface area contributed by atoms with Gasteiger partial charge in [-0.25, -0.2) is 8.42 Å². The molecule has 1 amide bonds. The number of ether oxygens (including phenoxy) is 2. The van der Waals surface area contributed by atoms with E-state index in [0.717, 1.165) is 11.8 Å². The van der Waals surface area contributed by atoms with Crippen molar-refractivity contribution in [2.45, 2.75) is 13.0 Å². The number of anilines is 1. The van der Waals surface area contributed by atoms with E-state index in [4.69, 9.17) is 9.47 Å². The quantitative estimate of drug-likeness (QED) is 0.709. The molecule has 0 unspecified atom stereocenters. The predicted molar refractivity (Wildman–Crippen MR) is 104 cm³/mol. The minimum absolute atomic E-state index is 0.0142. The number of amides is 1. The van der Waals surface area contributed by atoms with Crippen molar-refractivity contribution >= 4 is 21.6 Å². The van der Waals surface area contributed by atoms with Gasteiger partial charge in [0.2, 0.25) is 15.9 Å². The molecule has 0 spiro atoms. The van der Waals surface area contributed by atoms with E-state index < -0.39 is 10.0 Å². The lowest BCUT2D eigenvalue weighted by molar-refractivity contribution is -0.116. The highest BCUT2D eigenvalue weighted by Crippen LogP contribution is 2.29. The molecule has 2 rings (SSSR count). The van der Waals surface area contributed by atoms with E-state index in [0.29, 0.717) is 17.2 Å². The second-order valence-electron chi connectivity index (χ2n) is 5.95. The van der Waals surface area contributed by atoms with Gasteiger partial charge in [-0.15, -0.1) is 0 Å². The first-order valence-corrected chi connectivity index (χ1v) is 10.2. The van der Waals surface area contributed by atoms with Gasteiger partial charge < -0.3 is 14.8 Å². The first-order valence-electron chi connectivity index (χ1n) is 8.34. The maximum absolute atomic E-state index is 12.3. The number of carbonyl (C=O) groups is 1. The first-order chi connectivity index (χ1) is 12.8. The Kier molecular flexibility index (Phi) is 7.20. The molecule has 8 heteroatoms. The van der Waals surface area contributed by atoms with Gasteiger partial charge in [-0.05, 0) is 17.7 Å². The summed E-state index contributed by atoms with van der Waals surface area (Å²) in [5, 5.41) is 2.74. The van der Waals surface area contributed by atoms with E-state index >= 15 is 0 Å². The van der Waals surface area contributed by atoms with Crippen LogP contribution in [-0.4, -0.2) is 45.7 Å². The van der Waals surface area contributed by atoms with Crippen LogP contribution in [0.15, 0.2) is 48.5 Å². The fourth-order valence-corrected chi connectivity index (χ4v) is 3.31. The number of hydrogen-bond acceptors (Lipinski definition) is 5. The molecule has 7 nitrogen and oxygen atoms in total. The van der Waals surface area contributed by atoms with Crippen molar-refractivity contribution in [2.24, 2.45) is 0 Å². The van der Waals surface area contributed by atoms with Crippen molar-refractivity contribution < 1.29 is 22.7 Å². The largest absolute Gasteiger partial charge is 0.497 e. The summed E-state index contributed by atoms with van der Waals surface area (Å²) in [6, 6.07) is 14.3. The Morgan fingerprint density at radius 3 is 2.37 bits per heavy atom. The number of rotatable bonds is 9. The molecule has 0 aliphatic carbocycles. The molecule has 27 heavy (non-hydrogen) atoms. The predicted octanol–water partition coefficient (Wildman–Crippen LogP) is 2.49. The maximum Gasteiger partial charge on any atom is 0.225 e. The van der Waals surface area contributed by atoms with Crippen molar-refractivity contribution in [3.8, 4) is 11.5 Å². The molecule has 0 aliphatic rings. The van der Waals surface area contributed by atoms with Gasteiger partial charge in [-0.1, -0.05) is 30.3 Å². The first kappa shape index (κ1) is 20.7. The Morgan fingerprint density at radius 1 is 1.07 bits per heavy atom. The Bertz CT molecular complexity index is 869. The average Bonchev–Trinajstić information content (AvgIpc) is 2.65. The third kappa shape index (κ3) is 6.26. The Morgan fingerprint density at radius 2 is 1.78 bits per heavy atom. The van der Waals surface area contributed by atoms with Crippen LogP contribution in [0.4, 0.5) is 5.69 Å². The summed E-state index contributed by atoms with van der Waals surface area (Å²) in [4.78, 5) is 12.3. The molecule has 0 saturated carbocycles. The van der Waals surface area contributed by atoms with Gasteiger partial charge in [0.05, 0.1) is 26.2 Å². The fourth-order valence-electron chi connectivity index (χ4n) is 2.50. The molecule has 146 valence electrons. The molecule has 0 saturated heterocycles. The summed E-state index contributed by atoms with van der Waals surface area (Å²) in [6.07, 6.45) is 1.15. The lowest BCUT2D eigenvalue weighted by atomic mass is 10.2. The number of benzene rings is 2. The zero-order valence-corrected chi connectivity index (χ0v) is 16.5. The highest BCUT2D eigenvalue weighted by atomic mass is 32.2. The SMILES string of the molecule is COc1ccc(OC)c(NC(=O)CCN(Cc2ccccc2)S(C)(=O)=O)c1. The number of nitrogens with zero attached hydrogens (tertiary/aromatic N) is 1. The summed E-state index contributed by atoms with van der Waals surface area (Å²) in [7, 11) is -0.415. The van der Waals surface area contributed by atoms with Crippen LogP contribution >= 0.6 is 0 Å². The normalized spacial score (nSPS) is 11.3. The third-order valence-electron chi connectivity index (χ3n) is 3.94. The number of sulfonamides is 1. The van der Waals surface area contributed by atoms with Crippen molar-refractivity contribution in [3.05, 3.63) is 54.1 Å². The number of carbonyl (C=O) groups excluding carboxylic acids is 1. The minimum Gasteiger partial charge on any atom is -0.497 e. The van der Waals surface area contributed by atoms with E-state index in [-0.39, 0.29) is 25.4 Å². The number of nitrogens with one attached hydrogen (secondary N) is 1. The fraction of sp³-hybridized carbons (Fsp3) is 0.316. The monoisotopic (exact) mass is 392 g/mol. The van der Waals surface area contributed by atoms with Gasteiger partial charge in [0, 0.05) is 25.6 Å². The van der Waals surface area contributed by atoms with Gasteiger partial charge in [-0.2, -0.15) is 4.31 Å². The van der Waals surface area contributed by atoms with Crippen LogP contribution in [0.3, 0.4) is 0 Å². The highest BCUT2D eigenvalue weighted by Gasteiger charge is 2.19. The van der Waals surface area contributed by atoms with Crippen LogP contribution < -0.4 is 14.8 Å². The number of methoxy groups -OCH3 is 2. The number of hydrogen-bond donors (Lipinski definition) is 1. The van der Waals surface area contributed by atoms with E-state index in [1.807, 2.05) is 30.3 Å². The zero-order valence-electron chi connectivity index (χ0n) is 15.6. The summed E-state index contributed by atoms with van der Waals surface area (Å²) in [6.45, 7) is 0.293. The summed E-state index contributed by atoms with van der Waals surface area (Å²) in [5.74, 6) is 0.754. The minimum atomic E-state index is -3.45. The van der Waals surface area contributed by atoms with E-state index in [1.54, 1.807) is 18.2 Å². The molecule has 0 atom stereocenters. The third-order valence-corrected chi connectivity index (χ3v) is 5.19. The molecule has 2 aromatic rings. The average molecular weight is 392 g/mol. The standard InChI is InChI=1S/C19H24N2O5S/c1-25-16-9-10-18(26-2)17(13-16)20-19(22)11-12-21(27(3,23)24)14-15-7-5-4-6-8-15/h4-10,13H,11-12,14H2,1-3H3,(H,20,22). The van der Waals surface area contributed by atoms with Gasteiger partial charge >= 0.3 is 0 Å². The second kappa shape index (κ2) is 9.38. The molecule has 2 aromatic carbocycles. The molecule has 0 radical (unpaired) electrons. The summed E-state index contributed by atoms with van der Waals surface area (Å²) < 4.78 is 35.8. The molecular formula is C19H24N2O5S. The van der Waals surface area contributed by atoms with Crippen LogP contribution in [0.2, 0.25) is 0 Å². The van der Waals surface area contributed by atoms with Crippen LogP contribution in [0.1, 0.15) is 12.0 Å². The molecule has 0 fully saturated rings. The van der Waals surface area contributed by atoms with Crippen LogP contribution in [-0.2, 0) is 21.4 Å². The lowest BCUT2D eigenvalue weighted by Crippen LogP contribution is -2.32. The second-order valence-corrected chi connectivity index (χ2v) is 7.93. The molecule has 0 heterocycles. The maximum atomic E-state index is 12.3. The summed E-state index contributed by atoms with van der Waals surface area (Å²) >= 11 is 0. The molecule has 1 N–H and O–H groups in total. The lowest BCUT2D eigenvalue weighted by Gasteiger charge is -2.20. The smallest absolute Gasteiger partial charge is 0.225 e. The van der Waals surface area contributed by atoms with E-state index in [1.165, 1.54) is 18.5 Å². The Hall–Kier alpha value is -2.58. The van der Waals surface area contributed by atoms with Gasteiger partial charge in [0.15, 0.2) is 0 Å². The Labute approximate surface area is 160 Å². The van der Waals surface area contributed by atoms with Crippen molar-refractivity contribution in [3.63, 3.8) is 0 Å². The highest BCUT2D eigenvalue weighted by molar-refractivity contribution is 7.88. The van der Waals surface area contributed by atoms with Crippen LogP contribution in [0, 0.1) is 0 Å². The van der Waals surface area contributed by atoms with Crippen LogP contribution in [0.25, 0.3) is 0 Å². The molecular weight excluding hydrogens is 368 g/mol. The van der Waals surface area contributed by atoms with Gasteiger partial charge in [0.1, 0.15) is 11.5 Å². The topological polar surface area (TPSA) is 84.9 Å². The van der Waals surface area contributed by atoms with E-state index in [9.17, 15) is 13.2 Å². The van der Waals surface area contributed by atoms with Crippen molar-refractivity contribution in [1.29, 1.82) is 0 Å². The zero-order chi connectivity index (χ0) is 19.9. The van der Waals surface area contributed by atoms with Crippen molar-refractivity contribution in [2.75, 3.05) is 32.3 Å². The summed E-state index contributed by atoms with van der Waals surface area (Å²) in [5.41, 5.74) is 1.33. The Balaban J connectivity index is 2.03. The molecule has 0 aromatic heterocycles. The van der Waals surface area contributed by atoms with Crippen LogP contribution in [0.5, 0.6) is 11.5 Å². The van der Waals surface area contributed by atoms with E-state index in [2.05, 4.69) is 5.32 Å². The molecule has 0 aliphatic heterocycles. The van der Waals surface area contributed by atoms with Gasteiger partial charge in [0.25, 0.3) is 0 Å². The van der Waals surface area contributed by atoms with Gasteiger partial charge in [-0.3, -0.25) is 4.79 Å².